The summed E-state index contributed by atoms with van der Waals surface area (Å²) in [4.78, 5) is 24.1. The van der Waals surface area contributed by atoms with E-state index in [-0.39, 0.29) is 22.2 Å². The second kappa shape index (κ2) is 13.3. The quantitative estimate of drug-likeness (QED) is 0.129. The molecule has 2 heterocycles. The Labute approximate surface area is 249 Å². The molecule has 0 spiro atoms. The highest BCUT2D eigenvalue weighted by atomic mass is 79.9. The van der Waals surface area contributed by atoms with E-state index in [4.69, 9.17) is 4.74 Å². The fraction of sp³-hybridized carbons (Fsp3) is 0.294. The van der Waals surface area contributed by atoms with Gasteiger partial charge in [0.2, 0.25) is 0 Å². The highest BCUT2D eigenvalue weighted by molar-refractivity contribution is 9.09. The van der Waals surface area contributed by atoms with Gasteiger partial charge in [-0.2, -0.15) is 0 Å². The van der Waals surface area contributed by atoms with Crippen LogP contribution in [0, 0.1) is 0 Å². The van der Waals surface area contributed by atoms with Crippen LogP contribution in [0.5, 0.6) is 5.75 Å². The molecule has 1 unspecified atom stereocenters. The molecule has 0 saturated heterocycles. The zero-order chi connectivity index (χ0) is 29.7. The number of imidazole rings is 1. The van der Waals surface area contributed by atoms with Gasteiger partial charge in [0, 0.05) is 24.6 Å². The highest BCUT2D eigenvalue weighted by Crippen LogP contribution is 2.34. The Hall–Kier alpha value is -3.68. The predicted molar refractivity (Wildman–Crippen MR) is 171 cm³/mol. The SMILES string of the molecule is C=C/C=C\C/C(=C\C)Cn1c(=O)n2c3c(cccc31)[C@H](O)C(Br)C2.COc1ccc2cc([C@@H](C)C(C)=O)ccc2c1. The largest absolute Gasteiger partial charge is 0.497 e. The maximum atomic E-state index is 12.9. The van der Waals surface area contributed by atoms with E-state index >= 15 is 0 Å². The number of nitrogens with zero attached hydrogens (tertiary/aromatic N) is 2. The molecular weight excluding hydrogens is 580 g/mol. The normalized spacial score (nSPS) is 17.4. The Morgan fingerprint density at radius 3 is 2.61 bits per heavy atom. The van der Waals surface area contributed by atoms with Gasteiger partial charge in [0.05, 0.1) is 29.1 Å². The number of carbonyl (C=O) groups is 1. The van der Waals surface area contributed by atoms with Crippen LogP contribution in [0.15, 0.2) is 95.8 Å². The molecular formula is C34H37BrN2O4. The fourth-order valence-corrected chi connectivity index (χ4v) is 5.68. The standard InChI is InChI=1S/C19H21BrN2O2.C15H16O2/c1-3-5-6-8-13(4-2)11-21-16-10-7-9-14-17(16)22(19(21)24)12-15(20)18(14)23;1-10(11(2)16)12-4-5-14-9-15(17-3)7-6-13(14)8-12/h3-7,9-10,15,18,23H,1,8,11-12H2,2H3;4-10H,1-3H3/b6-5-,13-4+;/t15?,18-;10-/m00/s1. The van der Waals surface area contributed by atoms with Crippen LogP contribution >= 0.6 is 15.9 Å². The van der Waals surface area contributed by atoms with E-state index in [1.807, 2.05) is 74.5 Å². The zero-order valence-electron chi connectivity index (χ0n) is 24.0. The first-order valence-corrected chi connectivity index (χ1v) is 14.7. The highest BCUT2D eigenvalue weighted by Gasteiger charge is 2.30. The number of carbonyl (C=O) groups excluding carboxylic acids is 1. The molecule has 214 valence electrons. The number of halogens is 1. The molecule has 6 nitrogen and oxygen atoms in total. The van der Waals surface area contributed by atoms with Crippen LogP contribution in [-0.2, 0) is 17.9 Å². The molecule has 3 atom stereocenters. The van der Waals surface area contributed by atoms with Crippen molar-refractivity contribution in [2.45, 2.75) is 57.1 Å². The summed E-state index contributed by atoms with van der Waals surface area (Å²) in [6.07, 6.45) is 7.93. The molecule has 41 heavy (non-hydrogen) atoms. The summed E-state index contributed by atoms with van der Waals surface area (Å²) in [5.41, 5.74) is 4.74. The number of aliphatic hydroxyl groups is 1. The van der Waals surface area contributed by atoms with Gasteiger partial charge in [0.15, 0.2) is 0 Å². The van der Waals surface area contributed by atoms with Crippen molar-refractivity contribution in [2.24, 2.45) is 0 Å². The van der Waals surface area contributed by atoms with Gasteiger partial charge >= 0.3 is 5.69 Å². The van der Waals surface area contributed by atoms with E-state index in [1.54, 1.807) is 29.2 Å². The van der Waals surface area contributed by atoms with Crippen molar-refractivity contribution in [1.82, 2.24) is 9.13 Å². The predicted octanol–water partition coefficient (Wildman–Crippen LogP) is 7.23. The van der Waals surface area contributed by atoms with Crippen molar-refractivity contribution in [2.75, 3.05) is 7.11 Å². The number of ketones is 1. The number of methoxy groups -OCH3 is 1. The monoisotopic (exact) mass is 616 g/mol. The molecule has 1 N–H and O–H groups in total. The Bertz CT molecular complexity index is 1690. The molecule has 1 aliphatic rings. The number of fused-ring (bicyclic) bond motifs is 1. The third kappa shape index (κ3) is 6.47. The van der Waals surface area contributed by atoms with E-state index in [9.17, 15) is 14.7 Å². The van der Waals surface area contributed by atoms with Crippen molar-refractivity contribution in [1.29, 1.82) is 0 Å². The summed E-state index contributed by atoms with van der Waals surface area (Å²) in [5.74, 6) is 1.00. The molecule has 7 heteroatoms. The molecule has 0 amide bonds. The minimum absolute atomic E-state index is 0.0270. The summed E-state index contributed by atoms with van der Waals surface area (Å²) in [7, 11) is 1.66. The molecule has 0 saturated carbocycles. The number of hydrogen-bond acceptors (Lipinski definition) is 4. The molecule has 0 fully saturated rings. The lowest BCUT2D eigenvalue weighted by Crippen LogP contribution is -2.32. The Balaban J connectivity index is 0.000000201. The van der Waals surface area contributed by atoms with Gasteiger partial charge < -0.3 is 9.84 Å². The number of allylic oxidation sites excluding steroid dienone is 5. The van der Waals surface area contributed by atoms with Crippen LogP contribution in [-0.4, -0.2) is 32.0 Å². The number of Topliss-reactive ketones (excluding diaryl/α,β-unsaturated/α-hetero) is 1. The number of ether oxygens (including phenoxy) is 1. The summed E-state index contributed by atoms with van der Waals surface area (Å²) in [6, 6.07) is 17.8. The Kier molecular flexibility index (Phi) is 9.84. The van der Waals surface area contributed by atoms with Crippen LogP contribution < -0.4 is 10.4 Å². The van der Waals surface area contributed by atoms with Crippen molar-refractivity contribution in [3.8, 4) is 5.75 Å². The number of hydrogen-bond donors (Lipinski definition) is 1. The minimum Gasteiger partial charge on any atom is -0.497 e. The van der Waals surface area contributed by atoms with Gasteiger partial charge in [-0.1, -0.05) is 95.7 Å². The molecule has 0 aliphatic carbocycles. The Morgan fingerprint density at radius 2 is 1.93 bits per heavy atom. The van der Waals surface area contributed by atoms with E-state index in [0.29, 0.717) is 13.1 Å². The van der Waals surface area contributed by atoms with Gasteiger partial charge in [-0.05, 0) is 54.8 Å². The lowest BCUT2D eigenvalue weighted by Gasteiger charge is -2.24. The fourth-order valence-electron chi connectivity index (χ4n) is 5.10. The minimum atomic E-state index is -0.597. The maximum Gasteiger partial charge on any atom is 0.329 e. The van der Waals surface area contributed by atoms with E-state index in [1.165, 1.54) is 0 Å². The first-order chi connectivity index (χ1) is 19.7. The van der Waals surface area contributed by atoms with Crippen LogP contribution in [0.2, 0.25) is 0 Å². The molecule has 4 aromatic rings. The number of alkyl halides is 1. The van der Waals surface area contributed by atoms with Crippen molar-refractivity contribution in [3.05, 3.63) is 113 Å². The molecule has 0 bridgehead atoms. The number of aromatic nitrogens is 2. The van der Waals surface area contributed by atoms with Crippen molar-refractivity contribution >= 4 is 43.5 Å². The average molecular weight is 618 g/mol. The summed E-state index contributed by atoms with van der Waals surface area (Å²) in [5, 5.41) is 12.7. The van der Waals surface area contributed by atoms with Gasteiger partial charge in [-0.3, -0.25) is 13.9 Å². The smallest absolute Gasteiger partial charge is 0.329 e. The summed E-state index contributed by atoms with van der Waals surface area (Å²) in [6.45, 7) is 10.3. The lowest BCUT2D eigenvalue weighted by molar-refractivity contribution is -0.118. The molecule has 1 aromatic heterocycles. The number of benzene rings is 3. The molecule has 1 aliphatic heterocycles. The Morgan fingerprint density at radius 1 is 1.20 bits per heavy atom. The second-order valence-electron chi connectivity index (χ2n) is 10.3. The van der Waals surface area contributed by atoms with Gasteiger partial charge in [-0.25, -0.2) is 4.79 Å². The zero-order valence-corrected chi connectivity index (χ0v) is 25.6. The first kappa shape index (κ1) is 30.3. The van der Waals surface area contributed by atoms with Crippen LogP contribution in [0.3, 0.4) is 0 Å². The maximum absolute atomic E-state index is 12.9. The second-order valence-corrected chi connectivity index (χ2v) is 11.5. The van der Waals surface area contributed by atoms with Crippen molar-refractivity contribution in [3.63, 3.8) is 0 Å². The summed E-state index contributed by atoms with van der Waals surface area (Å²) < 4.78 is 8.75. The van der Waals surface area contributed by atoms with Gasteiger partial charge in [-0.15, -0.1) is 0 Å². The number of para-hydroxylation sites is 1. The topological polar surface area (TPSA) is 73.5 Å². The molecule has 3 aromatic carbocycles. The van der Waals surface area contributed by atoms with Crippen LogP contribution in [0.4, 0.5) is 0 Å². The molecule has 5 rings (SSSR count). The lowest BCUT2D eigenvalue weighted by atomic mass is 9.95. The van der Waals surface area contributed by atoms with Gasteiger partial charge in [0.1, 0.15) is 11.5 Å². The van der Waals surface area contributed by atoms with Crippen LogP contribution in [0.25, 0.3) is 21.8 Å². The first-order valence-electron chi connectivity index (χ1n) is 13.7. The number of aliphatic hydroxyl groups excluding tert-OH is 1. The summed E-state index contributed by atoms with van der Waals surface area (Å²) >= 11 is 3.49. The number of rotatable bonds is 8. The molecule has 0 radical (unpaired) electrons. The van der Waals surface area contributed by atoms with Gasteiger partial charge in [0.25, 0.3) is 0 Å². The van der Waals surface area contributed by atoms with E-state index in [0.717, 1.165) is 50.7 Å². The van der Waals surface area contributed by atoms with E-state index in [2.05, 4.69) is 34.7 Å². The van der Waals surface area contributed by atoms with Crippen molar-refractivity contribution < 1.29 is 14.6 Å². The van der Waals surface area contributed by atoms with Crippen LogP contribution in [0.1, 0.15) is 50.3 Å². The van der Waals surface area contributed by atoms with E-state index < -0.39 is 6.10 Å². The third-order valence-electron chi connectivity index (χ3n) is 7.69. The average Bonchev–Trinajstić information content (AvgIpc) is 3.25. The third-order valence-corrected chi connectivity index (χ3v) is 8.48.